The van der Waals surface area contributed by atoms with Crippen LogP contribution in [0.4, 0.5) is 0 Å². The average Bonchev–Trinajstić information content (AvgIpc) is 3.06. The molecule has 1 aromatic heterocycles. The highest BCUT2D eigenvalue weighted by atomic mass is 32.2. The maximum atomic E-state index is 13.3. The molecule has 0 amide bonds. The average molecular weight is 433 g/mol. The van der Waals surface area contributed by atoms with E-state index in [2.05, 4.69) is 18.9 Å². The van der Waals surface area contributed by atoms with Gasteiger partial charge in [-0.25, -0.2) is 13.1 Å². The van der Waals surface area contributed by atoms with Gasteiger partial charge in [-0.05, 0) is 60.9 Å². The fraction of sp³-hybridized carbons (Fsp3) is 0.292. The Balaban J connectivity index is 1.46. The molecule has 2 unspecified atom stereocenters. The van der Waals surface area contributed by atoms with Crippen molar-refractivity contribution < 1.29 is 18.0 Å². The van der Waals surface area contributed by atoms with Crippen molar-refractivity contribution in [2.24, 2.45) is 11.3 Å². The van der Waals surface area contributed by atoms with Crippen molar-refractivity contribution in [3.8, 4) is 0 Å². The van der Waals surface area contributed by atoms with Crippen molar-refractivity contribution in [3.63, 3.8) is 0 Å². The minimum absolute atomic E-state index is 0.0183. The lowest BCUT2D eigenvalue weighted by atomic mass is 9.98. The van der Waals surface area contributed by atoms with Gasteiger partial charge in [0.2, 0.25) is 9.84 Å². The van der Waals surface area contributed by atoms with Gasteiger partial charge in [-0.2, -0.15) is 5.10 Å². The summed E-state index contributed by atoms with van der Waals surface area (Å²) in [6, 6.07) is 10.5. The van der Waals surface area contributed by atoms with E-state index in [9.17, 15) is 18.0 Å². The summed E-state index contributed by atoms with van der Waals surface area (Å²) in [6.45, 7) is 6.41. The number of hydrogen-bond acceptors (Lipinski definition) is 5. The van der Waals surface area contributed by atoms with E-state index < -0.39 is 9.84 Å². The van der Waals surface area contributed by atoms with Crippen molar-refractivity contribution in [2.75, 3.05) is 0 Å². The SMILES string of the molecule is Cc1nn(C(=O)c2ccc3c(c2)S(=O)(=O)c2ccccc2C3=O)c2c1C1C(C2)C1(C)C. The molecule has 0 saturated heterocycles. The molecule has 0 N–H and O–H groups in total. The molecule has 156 valence electrons. The molecule has 6 rings (SSSR count). The lowest BCUT2D eigenvalue weighted by molar-refractivity contribution is 0.0939. The minimum Gasteiger partial charge on any atom is -0.289 e. The number of sulfone groups is 1. The van der Waals surface area contributed by atoms with Crippen molar-refractivity contribution in [2.45, 2.75) is 42.9 Å². The van der Waals surface area contributed by atoms with Crippen molar-refractivity contribution in [1.82, 2.24) is 9.78 Å². The van der Waals surface area contributed by atoms with Gasteiger partial charge in [0.1, 0.15) is 0 Å². The highest BCUT2D eigenvalue weighted by Gasteiger charge is 2.64. The van der Waals surface area contributed by atoms with Crippen molar-refractivity contribution in [1.29, 1.82) is 0 Å². The molecule has 0 spiro atoms. The van der Waals surface area contributed by atoms with Gasteiger partial charge in [-0.3, -0.25) is 9.59 Å². The Labute approximate surface area is 179 Å². The Kier molecular flexibility index (Phi) is 3.37. The molecule has 3 aliphatic rings. The molecule has 0 bridgehead atoms. The molecule has 2 heterocycles. The third-order valence-electron chi connectivity index (χ3n) is 7.36. The number of aromatic nitrogens is 2. The molecule has 7 heteroatoms. The quantitative estimate of drug-likeness (QED) is 0.459. The van der Waals surface area contributed by atoms with E-state index in [1.54, 1.807) is 12.1 Å². The number of carbonyl (C=O) groups is 2. The Morgan fingerprint density at radius 2 is 1.81 bits per heavy atom. The third kappa shape index (κ3) is 2.22. The van der Waals surface area contributed by atoms with Crippen LogP contribution in [0, 0.1) is 18.3 Å². The van der Waals surface area contributed by atoms with Crippen LogP contribution in [-0.2, 0) is 16.3 Å². The highest BCUT2D eigenvalue weighted by molar-refractivity contribution is 7.91. The zero-order valence-electron chi connectivity index (χ0n) is 17.3. The van der Waals surface area contributed by atoms with E-state index in [-0.39, 0.29) is 43.6 Å². The lowest BCUT2D eigenvalue weighted by Gasteiger charge is -2.19. The minimum atomic E-state index is -3.90. The normalized spacial score (nSPS) is 23.5. The standard InChI is InChI=1S/C24H20N2O4S/c1-12-20-17(11-16-21(20)24(16,2)3)26(25-12)23(28)13-8-9-15-19(10-13)31(29,30)18-7-5-4-6-14(18)22(15)27/h4-10,16,21H,11H2,1-3H3. The second kappa shape index (κ2) is 5.59. The van der Waals surface area contributed by atoms with Crippen LogP contribution in [-0.4, -0.2) is 29.9 Å². The summed E-state index contributed by atoms with van der Waals surface area (Å²) in [4.78, 5) is 26.0. The van der Waals surface area contributed by atoms with Gasteiger partial charge in [0.15, 0.2) is 5.78 Å². The van der Waals surface area contributed by atoms with Crippen molar-refractivity contribution >= 4 is 21.5 Å². The molecule has 31 heavy (non-hydrogen) atoms. The van der Waals surface area contributed by atoms with Crippen LogP contribution in [0.3, 0.4) is 0 Å². The topological polar surface area (TPSA) is 86.1 Å². The van der Waals surface area contributed by atoms with E-state index >= 15 is 0 Å². The van der Waals surface area contributed by atoms with Gasteiger partial charge in [-0.1, -0.05) is 26.0 Å². The Hall–Kier alpha value is -3.06. The molecule has 3 aromatic rings. The molecule has 1 fully saturated rings. The first-order valence-electron chi connectivity index (χ1n) is 10.3. The maximum Gasteiger partial charge on any atom is 0.278 e. The second-order valence-electron chi connectivity index (χ2n) is 9.31. The van der Waals surface area contributed by atoms with E-state index in [4.69, 9.17) is 0 Å². The summed E-state index contributed by atoms with van der Waals surface area (Å²) in [6.07, 6.45) is 0.800. The van der Waals surface area contributed by atoms with E-state index in [1.807, 2.05) is 6.92 Å². The first-order chi connectivity index (χ1) is 14.6. The summed E-state index contributed by atoms with van der Waals surface area (Å²) in [5, 5.41) is 4.50. The van der Waals surface area contributed by atoms with Gasteiger partial charge in [0.25, 0.3) is 5.91 Å². The van der Waals surface area contributed by atoms with Crippen LogP contribution in [0.15, 0.2) is 52.3 Å². The molecule has 1 saturated carbocycles. The smallest absolute Gasteiger partial charge is 0.278 e. The molecular formula is C24H20N2O4S. The van der Waals surface area contributed by atoms with Gasteiger partial charge in [-0.15, -0.1) is 0 Å². The highest BCUT2D eigenvalue weighted by Crippen LogP contribution is 2.70. The molecule has 2 aliphatic carbocycles. The number of fused-ring (bicyclic) bond motifs is 5. The van der Waals surface area contributed by atoms with Gasteiger partial charge in [0, 0.05) is 22.3 Å². The molecule has 2 aromatic carbocycles. The predicted molar refractivity (Wildman–Crippen MR) is 112 cm³/mol. The molecule has 1 aliphatic heterocycles. The zero-order valence-corrected chi connectivity index (χ0v) is 18.2. The second-order valence-corrected chi connectivity index (χ2v) is 11.2. The number of rotatable bonds is 1. The van der Waals surface area contributed by atoms with Crippen LogP contribution < -0.4 is 0 Å². The fourth-order valence-corrected chi connectivity index (χ4v) is 7.28. The first kappa shape index (κ1) is 18.7. The number of ketones is 1. The Morgan fingerprint density at radius 1 is 1.10 bits per heavy atom. The Bertz CT molecular complexity index is 1460. The van der Waals surface area contributed by atoms with E-state index in [1.165, 1.54) is 35.0 Å². The molecule has 0 radical (unpaired) electrons. The van der Waals surface area contributed by atoms with Crippen LogP contribution in [0.1, 0.15) is 63.0 Å². The first-order valence-corrected chi connectivity index (χ1v) is 11.8. The zero-order chi connectivity index (χ0) is 21.9. The lowest BCUT2D eigenvalue weighted by Crippen LogP contribution is -2.22. The number of aryl methyl sites for hydroxylation is 1. The van der Waals surface area contributed by atoms with Crippen LogP contribution >= 0.6 is 0 Å². The summed E-state index contributed by atoms with van der Waals surface area (Å²) in [7, 11) is -3.90. The summed E-state index contributed by atoms with van der Waals surface area (Å²) in [5.74, 6) is 0.240. The third-order valence-corrected chi connectivity index (χ3v) is 9.21. The number of nitrogens with zero attached hydrogens (tertiary/aromatic N) is 2. The maximum absolute atomic E-state index is 13.3. The van der Waals surface area contributed by atoms with E-state index in [0.717, 1.165) is 23.4 Å². The number of hydrogen-bond donors (Lipinski definition) is 0. The van der Waals surface area contributed by atoms with Gasteiger partial charge >= 0.3 is 0 Å². The number of benzene rings is 2. The molecular weight excluding hydrogens is 412 g/mol. The monoisotopic (exact) mass is 432 g/mol. The van der Waals surface area contributed by atoms with E-state index in [0.29, 0.717) is 11.8 Å². The Morgan fingerprint density at radius 3 is 2.58 bits per heavy atom. The summed E-state index contributed by atoms with van der Waals surface area (Å²) in [5.41, 5.74) is 3.66. The largest absolute Gasteiger partial charge is 0.289 e. The number of carbonyl (C=O) groups excluding carboxylic acids is 2. The van der Waals surface area contributed by atoms with Gasteiger partial charge < -0.3 is 0 Å². The van der Waals surface area contributed by atoms with Crippen LogP contribution in [0.25, 0.3) is 0 Å². The predicted octanol–water partition coefficient (Wildman–Crippen LogP) is 3.55. The van der Waals surface area contributed by atoms with Crippen LogP contribution in [0.2, 0.25) is 0 Å². The van der Waals surface area contributed by atoms with Crippen LogP contribution in [0.5, 0.6) is 0 Å². The van der Waals surface area contributed by atoms with Gasteiger partial charge in [0.05, 0.1) is 21.2 Å². The summed E-state index contributed by atoms with van der Waals surface area (Å²) < 4.78 is 27.8. The van der Waals surface area contributed by atoms with Crippen molar-refractivity contribution in [3.05, 3.63) is 76.1 Å². The fourth-order valence-electron chi connectivity index (χ4n) is 5.60. The molecule has 2 atom stereocenters. The summed E-state index contributed by atoms with van der Waals surface area (Å²) >= 11 is 0. The molecule has 6 nitrogen and oxygen atoms in total.